The van der Waals surface area contributed by atoms with E-state index in [1.165, 1.54) is 13.0 Å². The normalized spacial score (nSPS) is 12.8. The van der Waals surface area contributed by atoms with Crippen LogP contribution in [0.15, 0.2) is 34.5 Å². The first-order valence-corrected chi connectivity index (χ1v) is 10.0. The molecule has 1 amide bonds. The van der Waals surface area contributed by atoms with E-state index in [1.807, 2.05) is 0 Å². The maximum atomic E-state index is 12.5. The molecule has 0 radical (unpaired) electrons. The van der Waals surface area contributed by atoms with Gasteiger partial charge >= 0.3 is 0 Å². The van der Waals surface area contributed by atoms with Gasteiger partial charge in [0.05, 0.1) is 16.6 Å². The van der Waals surface area contributed by atoms with Crippen LogP contribution in [0.5, 0.6) is 0 Å². The highest BCUT2D eigenvalue weighted by Gasteiger charge is 2.21. The van der Waals surface area contributed by atoms with Gasteiger partial charge in [0.15, 0.2) is 0 Å². The van der Waals surface area contributed by atoms with Crippen molar-refractivity contribution in [1.29, 1.82) is 0 Å². The van der Waals surface area contributed by atoms with Gasteiger partial charge in [0.2, 0.25) is 5.91 Å². The number of sulfonamides is 1. The van der Waals surface area contributed by atoms with E-state index < -0.39 is 16.1 Å². The summed E-state index contributed by atoms with van der Waals surface area (Å²) in [6, 6.07) is 7.71. The molecule has 0 aliphatic heterocycles. The van der Waals surface area contributed by atoms with Crippen LogP contribution in [0.1, 0.15) is 30.3 Å². The molecule has 0 spiro atoms. The zero-order valence-electron chi connectivity index (χ0n) is 13.0. The van der Waals surface area contributed by atoms with Gasteiger partial charge in [-0.3, -0.25) is 4.79 Å². The molecule has 1 atom stereocenters. The molecule has 2 aromatic rings. The molecule has 1 aromatic heterocycles. The van der Waals surface area contributed by atoms with Gasteiger partial charge in [-0.1, -0.05) is 29.3 Å². The molecule has 0 saturated heterocycles. The van der Waals surface area contributed by atoms with Crippen LogP contribution in [0, 0.1) is 0 Å². The van der Waals surface area contributed by atoms with Gasteiger partial charge in [-0.15, -0.1) is 11.3 Å². The Morgan fingerprint density at radius 3 is 2.54 bits per heavy atom. The van der Waals surface area contributed by atoms with E-state index in [1.54, 1.807) is 31.2 Å². The standard InChI is InChI=1S/C15H16Cl2N2O3S2/c1-9(11-3-5-13(16)14(17)7-11)19-24(21,22)15-6-4-12(23-15)8-18-10(2)20/h3-7,9,19H,8H2,1-2H3,(H,18,20). The lowest BCUT2D eigenvalue weighted by atomic mass is 10.1. The van der Waals surface area contributed by atoms with Crippen molar-refractivity contribution in [2.45, 2.75) is 30.6 Å². The summed E-state index contributed by atoms with van der Waals surface area (Å²) in [6.45, 7) is 3.44. The van der Waals surface area contributed by atoms with Crippen LogP contribution in [0.4, 0.5) is 0 Å². The number of hydrogen-bond acceptors (Lipinski definition) is 4. The monoisotopic (exact) mass is 406 g/mol. The summed E-state index contributed by atoms with van der Waals surface area (Å²) in [7, 11) is -3.67. The number of rotatable bonds is 6. The topological polar surface area (TPSA) is 75.3 Å². The SMILES string of the molecule is CC(=O)NCc1ccc(S(=O)(=O)NC(C)c2ccc(Cl)c(Cl)c2)s1. The Hall–Kier alpha value is -1.12. The van der Waals surface area contributed by atoms with E-state index in [2.05, 4.69) is 10.0 Å². The van der Waals surface area contributed by atoms with E-state index in [9.17, 15) is 13.2 Å². The Morgan fingerprint density at radius 2 is 1.92 bits per heavy atom. The number of amides is 1. The van der Waals surface area contributed by atoms with Gasteiger partial charge in [-0.05, 0) is 36.8 Å². The predicted molar refractivity (Wildman–Crippen MR) is 97.0 cm³/mol. The Kier molecular flexibility index (Phi) is 6.28. The Balaban J connectivity index is 2.12. The lowest BCUT2D eigenvalue weighted by Crippen LogP contribution is -2.26. The molecule has 9 heteroatoms. The van der Waals surface area contributed by atoms with Crippen molar-refractivity contribution >= 4 is 50.5 Å². The minimum atomic E-state index is -3.67. The van der Waals surface area contributed by atoms with E-state index >= 15 is 0 Å². The van der Waals surface area contributed by atoms with E-state index in [0.29, 0.717) is 22.2 Å². The van der Waals surface area contributed by atoms with Crippen molar-refractivity contribution < 1.29 is 13.2 Å². The summed E-state index contributed by atoms with van der Waals surface area (Å²) in [5.41, 5.74) is 0.711. The summed E-state index contributed by atoms with van der Waals surface area (Å²) in [5.74, 6) is -0.167. The van der Waals surface area contributed by atoms with Crippen molar-refractivity contribution in [1.82, 2.24) is 10.0 Å². The summed E-state index contributed by atoms with van der Waals surface area (Å²) in [4.78, 5) is 11.7. The highest BCUT2D eigenvalue weighted by molar-refractivity contribution is 7.91. The molecule has 1 unspecified atom stereocenters. The molecule has 0 saturated carbocycles. The molecule has 1 heterocycles. The summed E-state index contributed by atoms with van der Waals surface area (Å²) in [6.07, 6.45) is 0. The third-order valence-electron chi connectivity index (χ3n) is 3.19. The summed E-state index contributed by atoms with van der Waals surface area (Å²) in [5, 5.41) is 3.42. The smallest absolute Gasteiger partial charge is 0.250 e. The fourth-order valence-corrected chi connectivity index (χ4v) is 4.80. The van der Waals surface area contributed by atoms with Gasteiger partial charge in [0.1, 0.15) is 4.21 Å². The molecule has 5 nitrogen and oxygen atoms in total. The molecule has 1 aromatic carbocycles. The zero-order chi connectivity index (χ0) is 17.9. The van der Waals surface area contributed by atoms with E-state index in [4.69, 9.17) is 23.2 Å². The number of carbonyl (C=O) groups is 1. The molecular formula is C15H16Cl2N2O3S2. The highest BCUT2D eigenvalue weighted by Crippen LogP contribution is 2.27. The number of carbonyl (C=O) groups excluding carboxylic acids is 1. The number of nitrogens with one attached hydrogen (secondary N) is 2. The van der Waals surface area contributed by atoms with Crippen molar-refractivity contribution in [3.05, 3.63) is 50.8 Å². The van der Waals surface area contributed by atoms with Crippen molar-refractivity contribution in [3.8, 4) is 0 Å². The second-order valence-electron chi connectivity index (χ2n) is 5.15. The van der Waals surface area contributed by atoms with Gasteiger partial charge < -0.3 is 5.32 Å². The van der Waals surface area contributed by atoms with Crippen molar-refractivity contribution in [2.75, 3.05) is 0 Å². The summed E-state index contributed by atoms with van der Waals surface area (Å²) < 4.78 is 27.7. The van der Waals surface area contributed by atoms with Crippen LogP contribution in [-0.2, 0) is 21.4 Å². The van der Waals surface area contributed by atoms with E-state index in [0.717, 1.165) is 16.2 Å². The molecule has 130 valence electrons. The number of hydrogen-bond donors (Lipinski definition) is 2. The minimum Gasteiger partial charge on any atom is -0.351 e. The molecule has 24 heavy (non-hydrogen) atoms. The van der Waals surface area contributed by atoms with E-state index in [-0.39, 0.29) is 10.1 Å². The van der Waals surface area contributed by atoms with Crippen LogP contribution in [0.2, 0.25) is 10.0 Å². The number of thiophene rings is 1. The molecule has 0 aliphatic carbocycles. The highest BCUT2D eigenvalue weighted by atomic mass is 35.5. The van der Waals surface area contributed by atoms with Gasteiger partial charge in [-0.2, -0.15) is 0 Å². The predicted octanol–water partition coefficient (Wildman–Crippen LogP) is 3.73. The number of halogens is 2. The second-order valence-corrected chi connectivity index (χ2v) is 9.07. The van der Waals surface area contributed by atoms with Crippen LogP contribution >= 0.6 is 34.5 Å². The third kappa shape index (κ3) is 4.94. The molecule has 0 aliphatic rings. The molecule has 0 bridgehead atoms. The maximum Gasteiger partial charge on any atom is 0.250 e. The van der Waals surface area contributed by atoms with Crippen molar-refractivity contribution in [2.24, 2.45) is 0 Å². The quantitative estimate of drug-likeness (QED) is 0.766. The largest absolute Gasteiger partial charge is 0.351 e. The zero-order valence-corrected chi connectivity index (χ0v) is 16.1. The first-order chi connectivity index (χ1) is 11.2. The van der Waals surface area contributed by atoms with Crippen molar-refractivity contribution in [3.63, 3.8) is 0 Å². The molecule has 0 fully saturated rings. The second kappa shape index (κ2) is 7.84. The first kappa shape index (κ1) is 19.2. The molecule has 2 N–H and O–H groups in total. The summed E-state index contributed by atoms with van der Waals surface area (Å²) >= 11 is 13.0. The Bertz CT molecular complexity index is 850. The van der Waals surface area contributed by atoms with Crippen LogP contribution in [0.3, 0.4) is 0 Å². The molecule has 2 rings (SSSR count). The minimum absolute atomic E-state index is 0.167. The van der Waals surface area contributed by atoms with Gasteiger partial charge in [0, 0.05) is 17.8 Å². The fraction of sp³-hybridized carbons (Fsp3) is 0.267. The van der Waals surface area contributed by atoms with Crippen LogP contribution < -0.4 is 10.0 Å². The fourth-order valence-electron chi connectivity index (χ4n) is 1.95. The lowest BCUT2D eigenvalue weighted by Gasteiger charge is -2.14. The molecular weight excluding hydrogens is 391 g/mol. The van der Waals surface area contributed by atoms with Gasteiger partial charge in [-0.25, -0.2) is 13.1 Å². The van der Waals surface area contributed by atoms with Crippen LogP contribution in [-0.4, -0.2) is 14.3 Å². The average molecular weight is 407 g/mol. The Morgan fingerprint density at radius 1 is 1.21 bits per heavy atom. The lowest BCUT2D eigenvalue weighted by molar-refractivity contribution is -0.119. The Labute approximate surface area is 155 Å². The average Bonchev–Trinajstić information content (AvgIpc) is 2.97. The third-order valence-corrected chi connectivity index (χ3v) is 7.05. The first-order valence-electron chi connectivity index (χ1n) is 6.99. The number of benzene rings is 1. The van der Waals surface area contributed by atoms with Crippen LogP contribution in [0.25, 0.3) is 0 Å². The van der Waals surface area contributed by atoms with Gasteiger partial charge in [0.25, 0.3) is 10.0 Å². The maximum absolute atomic E-state index is 12.5.